The van der Waals surface area contributed by atoms with Gasteiger partial charge in [-0.1, -0.05) is 6.07 Å². The van der Waals surface area contributed by atoms with Crippen molar-refractivity contribution < 1.29 is 19.6 Å². The largest absolute Gasteiger partial charge is 0.497 e. The first kappa shape index (κ1) is 11.0. The number of carbonyl (C=O) groups excluding carboxylic acids is 1. The second kappa shape index (κ2) is 3.81. The topological polar surface area (TPSA) is 70.0 Å². The van der Waals surface area contributed by atoms with E-state index in [4.69, 9.17) is 4.74 Å². The summed E-state index contributed by atoms with van der Waals surface area (Å²) in [5, 5.41) is 18.4. The minimum atomic E-state index is -1.60. The third-order valence-electron chi connectivity index (χ3n) is 2.72. The Morgan fingerprint density at radius 1 is 1.44 bits per heavy atom. The zero-order valence-electron chi connectivity index (χ0n) is 9.10. The summed E-state index contributed by atoms with van der Waals surface area (Å²) in [5.41, 5.74) is 1.63. The van der Waals surface area contributed by atoms with Gasteiger partial charge < -0.3 is 19.7 Å². The van der Waals surface area contributed by atoms with Gasteiger partial charge in [-0.3, -0.25) is 4.79 Å². The Bertz CT molecular complexity index is 447. The molecule has 0 fully saturated rings. The minimum Gasteiger partial charge on any atom is -0.497 e. The van der Waals surface area contributed by atoms with Gasteiger partial charge in [-0.25, -0.2) is 0 Å². The summed E-state index contributed by atoms with van der Waals surface area (Å²) < 4.78 is 5.02. The molecule has 0 aliphatic carbocycles. The van der Waals surface area contributed by atoms with Gasteiger partial charge in [0, 0.05) is 24.6 Å². The van der Waals surface area contributed by atoms with Gasteiger partial charge >= 0.3 is 7.12 Å². The van der Waals surface area contributed by atoms with Crippen LogP contribution in [-0.4, -0.2) is 42.1 Å². The minimum absolute atomic E-state index is 0.0766. The van der Waals surface area contributed by atoms with Crippen molar-refractivity contribution in [2.45, 2.75) is 6.54 Å². The highest BCUT2D eigenvalue weighted by Gasteiger charge is 2.28. The summed E-state index contributed by atoms with van der Waals surface area (Å²) in [5.74, 6) is 0.240. The first-order valence-corrected chi connectivity index (χ1v) is 4.87. The molecule has 84 valence electrons. The molecule has 0 bridgehead atoms. The molecule has 1 aliphatic heterocycles. The number of hydrogen-bond donors (Lipinski definition) is 2. The van der Waals surface area contributed by atoms with E-state index in [1.165, 1.54) is 7.11 Å². The van der Waals surface area contributed by atoms with Crippen molar-refractivity contribution in [1.29, 1.82) is 0 Å². The van der Waals surface area contributed by atoms with Gasteiger partial charge in [-0.2, -0.15) is 0 Å². The summed E-state index contributed by atoms with van der Waals surface area (Å²) in [6, 6.07) is 3.15. The SMILES string of the molecule is COc1cc2c(cc1B(O)O)CN(C)C2=O. The van der Waals surface area contributed by atoms with Crippen LogP contribution >= 0.6 is 0 Å². The molecule has 0 saturated heterocycles. The Kier molecular flexibility index (Phi) is 2.61. The van der Waals surface area contributed by atoms with E-state index in [0.717, 1.165) is 5.56 Å². The molecule has 0 unspecified atom stereocenters. The average molecular weight is 221 g/mol. The third kappa shape index (κ3) is 1.56. The Hall–Kier alpha value is -1.53. The summed E-state index contributed by atoms with van der Waals surface area (Å²) in [4.78, 5) is 13.3. The number of amides is 1. The van der Waals surface area contributed by atoms with Crippen molar-refractivity contribution in [3.63, 3.8) is 0 Å². The maximum atomic E-state index is 11.7. The van der Waals surface area contributed by atoms with Crippen LogP contribution in [-0.2, 0) is 6.54 Å². The Morgan fingerprint density at radius 2 is 2.12 bits per heavy atom. The van der Waals surface area contributed by atoms with Gasteiger partial charge in [0.15, 0.2) is 0 Å². The molecule has 0 radical (unpaired) electrons. The van der Waals surface area contributed by atoms with E-state index < -0.39 is 7.12 Å². The summed E-state index contributed by atoms with van der Waals surface area (Å²) in [7, 11) is 1.53. The van der Waals surface area contributed by atoms with Gasteiger partial charge in [0.1, 0.15) is 5.75 Å². The van der Waals surface area contributed by atoms with Crippen molar-refractivity contribution >= 4 is 18.5 Å². The van der Waals surface area contributed by atoms with Gasteiger partial charge in [-0.15, -0.1) is 0 Å². The number of ether oxygens (including phenoxy) is 1. The molecule has 0 atom stereocenters. The predicted octanol–water partition coefficient (Wildman–Crippen LogP) is -1.04. The number of benzene rings is 1. The van der Waals surface area contributed by atoms with Crippen molar-refractivity contribution in [2.75, 3.05) is 14.2 Å². The zero-order valence-corrected chi connectivity index (χ0v) is 9.10. The first-order valence-electron chi connectivity index (χ1n) is 4.87. The van der Waals surface area contributed by atoms with E-state index in [1.807, 2.05) is 0 Å². The lowest BCUT2D eigenvalue weighted by Crippen LogP contribution is -2.31. The van der Waals surface area contributed by atoms with Crippen LogP contribution in [0.15, 0.2) is 12.1 Å². The Balaban J connectivity index is 2.55. The fraction of sp³-hybridized carbons (Fsp3) is 0.300. The number of carbonyl (C=O) groups is 1. The summed E-state index contributed by atoms with van der Waals surface area (Å²) >= 11 is 0. The molecule has 1 amide bonds. The predicted molar refractivity (Wildman–Crippen MR) is 58.6 cm³/mol. The molecule has 0 aromatic heterocycles. The van der Waals surface area contributed by atoms with Gasteiger partial charge in [0.25, 0.3) is 5.91 Å². The number of rotatable bonds is 2. The molecule has 1 aromatic carbocycles. The van der Waals surface area contributed by atoms with Crippen molar-refractivity contribution in [3.05, 3.63) is 23.3 Å². The number of methoxy groups -OCH3 is 1. The maximum absolute atomic E-state index is 11.7. The van der Waals surface area contributed by atoms with Crippen molar-refractivity contribution in [2.24, 2.45) is 0 Å². The Morgan fingerprint density at radius 3 is 2.69 bits per heavy atom. The van der Waals surface area contributed by atoms with Crippen LogP contribution in [0, 0.1) is 0 Å². The lowest BCUT2D eigenvalue weighted by molar-refractivity contribution is 0.0816. The molecular weight excluding hydrogens is 209 g/mol. The molecule has 1 heterocycles. The monoisotopic (exact) mass is 221 g/mol. The normalized spacial score (nSPS) is 14.0. The fourth-order valence-electron chi connectivity index (χ4n) is 1.89. The van der Waals surface area contributed by atoms with Gasteiger partial charge in [-0.05, 0) is 11.6 Å². The molecule has 5 nitrogen and oxygen atoms in total. The second-order valence-electron chi connectivity index (χ2n) is 3.79. The lowest BCUT2D eigenvalue weighted by atomic mass is 9.78. The van der Waals surface area contributed by atoms with E-state index >= 15 is 0 Å². The average Bonchev–Trinajstić information content (AvgIpc) is 2.53. The van der Waals surface area contributed by atoms with Crippen LogP contribution in [0.1, 0.15) is 15.9 Å². The molecule has 6 heteroatoms. The lowest BCUT2D eigenvalue weighted by Gasteiger charge is -2.09. The van der Waals surface area contributed by atoms with Crippen molar-refractivity contribution in [3.8, 4) is 5.75 Å². The molecule has 2 N–H and O–H groups in total. The number of hydrogen-bond acceptors (Lipinski definition) is 4. The smallest absolute Gasteiger partial charge is 0.492 e. The maximum Gasteiger partial charge on any atom is 0.492 e. The van der Waals surface area contributed by atoms with Crippen LogP contribution in [0.4, 0.5) is 0 Å². The van der Waals surface area contributed by atoms with Crippen LogP contribution in [0.2, 0.25) is 0 Å². The Labute approximate surface area is 93.4 Å². The van der Waals surface area contributed by atoms with E-state index in [0.29, 0.717) is 17.9 Å². The highest BCUT2D eigenvalue weighted by atomic mass is 16.5. The molecule has 0 saturated carbocycles. The molecule has 0 spiro atoms. The fourth-order valence-corrected chi connectivity index (χ4v) is 1.89. The highest BCUT2D eigenvalue weighted by Crippen LogP contribution is 2.24. The third-order valence-corrected chi connectivity index (χ3v) is 2.72. The van der Waals surface area contributed by atoms with Crippen LogP contribution in [0.25, 0.3) is 0 Å². The van der Waals surface area contributed by atoms with Gasteiger partial charge in [0.2, 0.25) is 0 Å². The number of fused-ring (bicyclic) bond motifs is 1. The second-order valence-corrected chi connectivity index (χ2v) is 3.79. The van der Waals surface area contributed by atoms with Gasteiger partial charge in [0.05, 0.1) is 7.11 Å². The first-order chi connectivity index (χ1) is 7.54. The van der Waals surface area contributed by atoms with E-state index in [-0.39, 0.29) is 11.4 Å². The van der Waals surface area contributed by atoms with E-state index in [1.54, 1.807) is 24.1 Å². The number of nitrogens with zero attached hydrogens (tertiary/aromatic N) is 1. The molecule has 2 rings (SSSR count). The highest BCUT2D eigenvalue weighted by molar-refractivity contribution is 6.59. The molecule has 1 aliphatic rings. The molecule has 1 aromatic rings. The summed E-state index contributed by atoms with van der Waals surface area (Å²) in [6.45, 7) is 0.484. The van der Waals surface area contributed by atoms with E-state index in [9.17, 15) is 14.8 Å². The van der Waals surface area contributed by atoms with Crippen LogP contribution in [0.3, 0.4) is 0 Å². The summed E-state index contributed by atoms with van der Waals surface area (Å²) in [6.07, 6.45) is 0. The van der Waals surface area contributed by atoms with E-state index in [2.05, 4.69) is 0 Å². The van der Waals surface area contributed by atoms with Crippen molar-refractivity contribution in [1.82, 2.24) is 4.90 Å². The standard InChI is InChI=1S/C10H12BNO4/c1-12-5-6-3-8(11(14)15)9(16-2)4-7(6)10(12)13/h3-4,14-15H,5H2,1-2H3. The molecular formula is C10H12BNO4. The quantitative estimate of drug-likeness (QED) is 0.626. The van der Waals surface area contributed by atoms with Crippen LogP contribution < -0.4 is 10.2 Å². The zero-order chi connectivity index (χ0) is 11.9. The van der Waals surface area contributed by atoms with Crippen LogP contribution in [0.5, 0.6) is 5.75 Å². The molecule has 16 heavy (non-hydrogen) atoms.